The minimum Gasteiger partial charge on any atom is -0.496 e. The fourth-order valence-electron chi connectivity index (χ4n) is 1.92. The van der Waals surface area contributed by atoms with Gasteiger partial charge < -0.3 is 10.1 Å². The number of hydrogen-bond donors (Lipinski definition) is 2. The lowest BCUT2D eigenvalue weighted by Crippen LogP contribution is -2.06. The fourth-order valence-corrected chi connectivity index (χ4v) is 1.92. The molecule has 0 bridgehead atoms. The van der Waals surface area contributed by atoms with Gasteiger partial charge in [0.15, 0.2) is 0 Å². The molecule has 0 fully saturated rings. The molecule has 0 unspecified atom stereocenters. The van der Waals surface area contributed by atoms with E-state index in [1.165, 1.54) is 0 Å². The van der Waals surface area contributed by atoms with E-state index in [-0.39, 0.29) is 0 Å². The first kappa shape index (κ1) is 11.7. The molecule has 4 nitrogen and oxygen atoms in total. The second-order valence-electron chi connectivity index (χ2n) is 3.98. The fraction of sp³-hybridized carbons (Fsp3) is 0.308. The summed E-state index contributed by atoms with van der Waals surface area (Å²) in [7, 11) is 3.61. The zero-order valence-corrected chi connectivity index (χ0v) is 10.4. The Kier molecular flexibility index (Phi) is 3.44. The van der Waals surface area contributed by atoms with Crippen molar-refractivity contribution in [2.24, 2.45) is 0 Å². The van der Waals surface area contributed by atoms with E-state index >= 15 is 0 Å². The second kappa shape index (κ2) is 5.01. The number of rotatable bonds is 4. The number of aromatic nitrogens is 2. The monoisotopic (exact) mass is 231 g/mol. The highest BCUT2D eigenvalue weighted by molar-refractivity contribution is 5.67. The smallest absolute Gasteiger partial charge is 0.121 e. The molecule has 0 aliphatic rings. The Morgan fingerprint density at radius 2 is 2.24 bits per heavy atom. The zero-order valence-electron chi connectivity index (χ0n) is 10.4. The first-order chi connectivity index (χ1) is 8.26. The van der Waals surface area contributed by atoms with Gasteiger partial charge in [0.1, 0.15) is 5.75 Å². The predicted octanol–water partition coefficient (Wildman–Crippen LogP) is 2.11. The number of aryl methyl sites for hydroxylation is 1. The van der Waals surface area contributed by atoms with Gasteiger partial charge in [-0.05, 0) is 37.2 Å². The van der Waals surface area contributed by atoms with Crippen LogP contribution < -0.4 is 10.1 Å². The number of methoxy groups -OCH3 is 1. The number of benzene rings is 1. The molecule has 2 rings (SSSR count). The van der Waals surface area contributed by atoms with Gasteiger partial charge in [-0.2, -0.15) is 5.10 Å². The number of nitrogens with one attached hydrogen (secondary N) is 2. The summed E-state index contributed by atoms with van der Waals surface area (Å²) in [6, 6.07) is 6.15. The average molecular weight is 231 g/mol. The standard InChI is InChI=1S/C13H17N3O/c1-9-6-10(4-5-13(9)17-3)11-7-15-16-12(11)8-14-2/h4-7,14H,8H2,1-3H3,(H,15,16). The SMILES string of the molecule is CNCc1[nH]ncc1-c1ccc(OC)c(C)c1. The van der Waals surface area contributed by atoms with Crippen LogP contribution in [0.5, 0.6) is 5.75 Å². The van der Waals surface area contributed by atoms with E-state index in [4.69, 9.17) is 4.74 Å². The van der Waals surface area contributed by atoms with E-state index in [1.54, 1.807) is 7.11 Å². The minimum absolute atomic E-state index is 0.778. The van der Waals surface area contributed by atoms with Crippen molar-refractivity contribution in [3.63, 3.8) is 0 Å². The Morgan fingerprint density at radius 1 is 1.41 bits per heavy atom. The van der Waals surface area contributed by atoms with Crippen LogP contribution >= 0.6 is 0 Å². The van der Waals surface area contributed by atoms with Gasteiger partial charge in [-0.15, -0.1) is 0 Å². The van der Waals surface area contributed by atoms with Gasteiger partial charge in [0, 0.05) is 12.1 Å². The maximum atomic E-state index is 5.26. The van der Waals surface area contributed by atoms with Crippen LogP contribution in [0.1, 0.15) is 11.3 Å². The van der Waals surface area contributed by atoms with E-state index in [1.807, 2.05) is 26.2 Å². The van der Waals surface area contributed by atoms with Crippen LogP contribution in [0.25, 0.3) is 11.1 Å². The normalized spacial score (nSPS) is 10.5. The van der Waals surface area contributed by atoms with Crippen LogP contribution in [-0.4, -0.2) is 24.4 Å². The summed E-state index contributed by atoms with van der Waals surface area (Å²) in [4.78, 5) is 0. The van der Waals surface area contributed by atoms with E-state index < -0.39 is 0 Å². The highest BCUT2D eigenvalue weighted by Crippen LogP contribution is 2.27. The van der Waals surface area contributed by atoms with Crippen molar-refractivity contribution in [2.45, 2.75) is 13.5 Å². The van der Waals surface area contributed by atoms with E-state index in [0.29, 0.717) is 0 Å². The molecule has 0 spiro atoms. The molecule has 0 saturated carbocycles. The number of H-pyrrole nitrogens is 1. The highest BCUT2D eigenvalue weighted by Gasteiger charge is 2.08. The van der Waals surface area contributed by atoms with E-state index in [2.05, 4.69) is 27.6 Å². The highest BCUT2D eigenvalue weighted by atomic mass is 16.5. The first-order valence-corrected chi connectivity index (χ1v) is 5.58. The average Bonchev–Trinajstić information content (AvgIpc) is 2.78. The number of ether oxygens (including phenoxy) is 1. The summed E-state index contributed by atoms with van der Waals surface area (Å²) in [5.41, 5.74) is 4.51. The Bertz CT molecular complexity index is 505. The lowest BCUT2D eigenvalue weighted by Gasteiger charge is -2.07. The van der Waals surface area contributed by atoms with Crippen LogP contribution in [0.2, 0.25) is 0 Å². The zero-order chi connectivity index (χ0) is 12.3. The van der Waals surface area contributed by atoms with Crippen molar-refractivity contribution in [2.75, 3.05) is 14.2 Å². The Hall–Kier alpha value is -1.81. The Morgan fingerprint density at radius 3 is 2.88 bits per heavy atom. The van der Waals surface area contributed by atoms with Gasteiger partial charge in [-0.3, -0.25) is 5.10 Å². The van der Waals surface area contributed by atoms with Gasteiger partial charge in [-0.1, -0.05) is 6.07 Å². The molecule has 4 heteroatoms. The van der Waals surface area contributed by atoms with Crippen molar-refractivity contribution >= 4 is 0 Å². The first-order valence-electron chi connectivity index (χ1n) is 5.58. The van der Waals surface area contributed by atoms with Crippen molar-refractivity contribution in [1.82, 2.24) is 15.5 Å². The van der Waals surface area contributed by atoms with Gasteiger partial charge in [0.25, 0.3) is 0 Å². The molecule has 1 aromatic carbocycles. The van der Waals surface area contributed by atoms with Crippen molar-refractivity contribution in [1.29, 1.82) is 0 Å². The number of aromatic amines is 1. The van der Waals surface area contributed by atoms with Crippen LogP contribution in [0.15, 0.2) is 24.4 Å². The van der Waals surface area contributed by atoms with Crippen molar-refractivity contribution < 1.29 is 4.74 Å². The Labute approximate surface area is 101 Å². The largest absolute Gasteiger partial charge is 0.496 e. The quantitative estimate of drug-likeness (QED) is 0.847. The van der Waals surface area contributed by atoms with Crippen molar-refractivity contribution in [3.05, 3.63) is 35.7 Å². The Balaban J connectivity index is 2.39. The topological polar surface area (TPSA) is 49.9 Å². The molecule has 2 aromatic rings. The lowest BCUT2D eigenvalue weighted by atomic mass is 10.0. The summed E-state index contributed by atoms with van der Waals surface area (Å²) in [5.74, 6) is 0.910. The molecule has 90 valence electrons. The number of nitrogens with zero attached hydrogens (tertiary/aromatic N) is 1. The molecule has 0 saturated heterocycles. The lowest BCUT2D eigenvalue weighted by molar-refractivity contribution is 0.412. The second-order valence-corrected chi connectivity index (χ2v) is 3.98. The molecule has 0 aliphatic carbocycles. The summed E-state index contributed by atoms with van der Waals surface area (Å²) in [6.45, 7) is 2.82. The summed E-state index contributed by atoms with van der Waals surface area (Å²) in [6.07, 6.45) is 1.86. The molecule has 1 heterocycles. The summed E-state index contributed by atoms with van der Waals surface area (Å²) < 4.78 is 5.26. The minimum atomic E-state index is 0.778. The molecule has 0 aliphatic heterocycles. The third-order valence-electron chi connectivity index (χ3n) is 2.78. The van der Waals surface area contributed by atoms with Crippen LogP contribution in [0.4, 0.5) is 0 Å². The van der Waals surface area contributed by atoms with E-state index in [9.17, 15) is 0 Å². The molecular formula is C13H17N3O. The summed E-state index contributed by atoms with van der Waals surface area (Å²) >= 11 is 0. The van der Waals surface area contributed by atoms with E-state index in [0.717, 1.165) is 34.7 Å². The number of hydrogen-bond acceptors (Lipinski definition) is 3. The van der Waals surface area contributed by atoms with Crippen LogP contribution in [0.3, 0.4) is 0 Å². The van der Waals surface area contributed by atoms with Crippen LogP contribution in [0, 0.1) is 6.92 Å². The van der Waals surface area contributed by atoms with Crippen LogP contribution in [-0.2, 0) is 6.54 Å². The molecule has 17 heavy (non-hydrogen) atoms. The predicted molar refractivity (Wildman–Crippen MR) is 68.1 cm³/mol. The molecule has 1 aromatic heterocycles. The molecule has 0 radical (unpaired) electrons. The van der Waals surface area contributed by atoms with Gasteiger partial charge >= 0.3 is 0 Å². The summed E-state index contributed by atoms with van der Waals surface area (Å²) in [5, 5.41) is 10.2. The third-order valence-corrected chi connectivity index (χ3v) is 2.78. The maximum absolute atomic E-state index is 5.26. The molecule has 2 N–H and O–H groups in total. The molecular weight excluding hydrogens is 214 g/mol. The van der Waals surface area contributed by atoms with Gasteiger partial charge in [-0.25, -0.2) is 0 Å². The van der Waals surface area contributed by atoms with Crippen molar-refractivity contribution in [3.8, 4) is 16.9 Å². The molecule has 0 atom stereocenters. The third kappa shape index (κ3) is 2.31. The van der Waals surface area contributed by atoms with Gasteiger partial charge in [0.2, 0.25) is 0 Å². The maximum Gasteiger partial charge on any atom is 0.121 e. The van der Waals surface area contributed by atoms with Gasteiger partial charge in [0.05, 0.1) is 19.0 Å². The molecule has 0 amide bonds.